The van der Waals surface area contributed by atoms with Gasteiger partial charge in [0.15, 0.2) is 0 Å². The number of halogens is 2. The Hall–Kier alpha value is -1.00. The van der Waals surface area contributed by atoms with Gasteiger partial charge in [-0.15, -0.1) is 0 Å². The van der Waals surface area contributed by atoms with Gasteiger partial charge in [0.05, 0.1) is 0 Å². The zero-order valence-electron chi connectivity index (χ0n) is 11.6. The second-order valence-corrected chi connectivity index (χ2v) is 6.12. The van der Waals surface area contributed by atoms with Crippen LogP contribution in [0.3, 0.4) is 0 Å². The van der Waals surface area contributed by atoms with Gasteiger partial charge in [-0.3, -0.25) is 4.90 Å². The summed E-state index contributed by atoms with van der Waals surface area (Å²) < 4.78 is 26.8. The summed E-state index contributed by atoms with van der Waals surface area (Å²) in [5.74, 6) is -1.04. The van der Waals surface area contributed by atoms with Crippen LogP contribution in [-0.4, -0.2) is 24.5 Å². The second kappa shape index (κ2) is 5.55. The molecule has 1 aromatic rings. The zero-order chi connectivity index (χ0) is 14.0. The van der Waals surface area contributed by atoms with Crippen molar-refractivity contribution in [2.24, 2.45) is 11.1 Å². The molecule has 1 heterocycles. The summed E-state index contributed by atoms with van der Waals surface area (Å²) in [5, 5.41) is 0. The lowest BCUT2D eigenvalue weighted by Gasteiger charge is -2.41. The van der Waals surface area contributed by atoms with Gasteiger partial charge in [-0.1, -0.05) is 19.9 Å². The molecule has 0 aliphatic carbocycles. The summed E-state index contributed by atoms with van der Waals surface area (Å²) in [6.07, 6.45) is 2.15. The Kier molecular flexibility index (Phi) is 4.21. The summed E-state index contributed by atoms with van der Waals surface area (Å²) in [6, 6.07) is 3.60. The third-order valence-corrected chi connectivity index (χ3v) is 4.14. The van der Waals surface area contributed by atoms with E-state index in [0.717, 1.165) is 32.0 Å². The van der Waals surface area contributed by atoms with Crippen LogP contribution < -0.4 is 5.73 Å². The molecule has 19 heavy (non-hydrogen) atoms. The lowest BCUT2D eigenvalue weighted by atomic mass is 9.82. The fourth-order valence-corrected chi connectivity index (χ4v) is 2.69. The number of nitrogens with two attached hydrogens (primary N) is 1. The van der Waals surface area contributed by atoms with E-state index in [0.29, 0.717) is 17.5 Å². The largest absolute Gasteiger partial charge is 0.329 e. The van der Waals surface area contributed by atoms with Crippen molar-refractivity contribution in [3.05, 3.63) is 35.4 Å². The molecule has 1 aliphatic rings. The van der Waals surface area contributed by atoms with E-state index in [-0.39, 0.29) is 6.04 Å². The summed E-state index contributed by atoms with van der Waals surface area (Å²) in [6.45, 7) is 6.67. The molecule has 2 rings (SSSR count). The molecule has 1 fully saturated rings. The summed E-state index contributed by atoms with van der Waals surface area (Å²) in [4.78, 5) is 2.21. The van der Waals surface area contributed by atoms with E-state index >= 15 is 0 Å². The van der Waals surface area contributed by atoms with Crippen molar-refractivity contribution in [3.8, 4) is 0 Å². The summed E-state index contributed by atoms with van der Waals surface area (Å²) >= 11 is 0. The van der Waals surface area contributed by atoms with Gasteiger partial charge in [-0.2, -0.15) is 0 Å². The maximum Gasteiger partial charge on any atom is 0.130 e. The molecule has 1 aliphatic heterocycles. The number of hydrogen-bond donors (Lipinski definition) is 1. The molecule has 0 spiro atoms. The number of piperidine rings is 1. The van der Waals surface area contributed by atoms with Crippen LogP contribution in [0, 0.1) is 17.0 Å². The summed E-state index contributed by atoms with van der Waals surface area (Å²) in [5.41, 5.74) is 6.66. The van der Waals surface area contributed by atoms with Crippen LogP contribution in [0.4, 0.5) is 8.78 Å². The van der Waals surface area contributed by atoms with Crippen molar-refractivity contribution in [1.82, 2.24) is 4.90 Å². The van der Waals surface area contributed by atoms with Crippen LogP contribution >= 0.6 is 0 Å². The number of nitrogens with zero attached hydrogens (tertiary/aromatic N) is 1. The molecule has 106 valence electrons. The molecule has 1 saturated heterocycles. The molecule has 1 atom stereocenters. The van der Waals surface area contributed by atoms with Crippen LogP contribution in [-0.2, 0) is 0 Å². The average Bonchev–Trinajstić information content (AvgIpc) is 2.34. The molecule has 1 aromatic carbocycles. The standard InChI is InChI=1S/C15H22F2N2/c1-15(2)5-7-19(8-6-15)14(10-18)12-4-3-11(16)9-13(12)17/h3-4,9,14H,5-8,10,18H2,1-2H3. The zero-order valence-corrected chi connectivity index (χ0v) is 11.6. The van der Waals surface area contributed by atoms with Gasteiger partial charge in [-0.05, 0) is 37.4 Å². The van der Waals surface area contributed by atoms with Crippen LogP contribution in [0.2, 0.25) is 0 Å². The minimum Gasteiger partial charge on any atom is -0.329 e. The van der Waals surface area contributed by atoms with Gasteiger partial charge in [-0.25, -0.2) is 8.78 Å². The molecule has 0 saturated carbocycles. The SMILES string of the molecule is CC1(C)CCN(C(CN)c2ccc(F)cc2F)CC1. The highest BCUT2D eigenvalue weighted by Gasteiger charge is 2.30. The van der Waals surface area contributed by atoms with Gasteiger partial charge < -0.3 is 5.73 Å². The Morgan fingerprint density at radius 1 is 1.26 bits per heavy atom. The molecular formula is C15H22F2N2. The van der Waals surface area contributed by atoms with E-state index in [4.69, 9.17) is 5.73 Å². The van der Waals surface area contributed by atoms with Crippen molar-refractivity contribution in [3.63, 3.8) is 0 Å². The van der Waals surface area contributed by atoms with Gasteiger partial charge >= 0.3 is 0 Å². The lowest BCUT2D eigenvalue weighted by Crippen LogP contribution is -2.42. The maximum atomic E-state index is 13.9. The van der Waals surface area contributed by atoms with Gasteiger partial charge in [0, 0.05) is 24.2 Å². The highest BCUT2D eigenvalue weighted by atomic mass is 19.1. The lowest BCUT2D eigenvalue weighted by molar-refractivity contribution is 0.0949. The van der Waals surface area contributed by atoms with Crippen LogP contribution in [0.25, 0.3) is 0 Å². The van der Waals surface area contributed by atoms with E-state index in [1.165, 1.54) is 12.1 Å². The van der Waals surface area contributed by atoms with Crippen molar-refractivity contribution in [1.29, 1.82) is 0 Å². The molecule has 2 nitrogen and oxygen atoms in total. The minimum absolute atomic E-state index is 0.156. The molecular weight excluding hydrogens is 246 g/mol. The monoisotopic (exact) mass is 268 g/mol. The van der Waals surface area contributed by atoms with Crippen LogP contribution in [0.5, 0.6) is 0 Å². The molecule has 0 aromatic heterocycles. The third-order valence-electron chi connectivity index (χ3n) is 4.14. The first-order valence-electron chi connectivity index (χ1n) is 6.82. The Balaban J connectivity index is 2.16. The predicted octanol–water partition coefficient (Wildman–Crippen LogP) is 3.09. The first-order valence-corrected chi connectivity index (χ1v) is 6.82. The van der Waals surface area contributed by atoms with Crippen LogP contribution in [0.15, 0.2) is 18.2 Å². The fourth-order valence-electron chi connectivity index (χ4n) is 2.69. The van der Waals surface area contributed by atoms with Crippen molar-refractivity contribution in [2.45, 2.75) is 32.7 Å². The van der Waals surface area contributed by atoms with Crippen molar-refractivity contribution < 1.29 is 8.78 Å². The quantitative estimate of drug-likeness (QED) is 0.912. The van der Waals surface area contributed by atoms with E-state index < -0.39 is 11.6 Å². The fraction of sp³-hybridized carbons (Fsp3) is 0.600. The van der Waals surface area contributed by atoms with Crippen LogP contribution in [0.1, 0.15) is 38.3 Å². The topological polar surface area (TPSA) is 29.3 Å². The predicted molar refractivity (Wildman–Crippen MR) is 72.7 cm³/mol. The molecule has 2 N–H and O–H groups in total. The number of likely N-dealkylation sites (tertiary alicyclic amines) is 1. The van der Waals surface area contributed by atoms with Gasteiger partial charge in [0.1, 0.15) is 11.6 Å². The number of benzene rings is 1. The van der Waals surface area contributed by atoms with Crippen molar-refractivity contribution in [2.75, 3.05) is 19.6 Å². The first-order chi connectivity index (χ1) is 8.93. The van der Waals surface area contributed by atoms with Gasteiger partial charge in [0.2, 0.25) is 0 Å². The maximum absolute atomic E-state index is 13.9. The number of rotatable bonds is 3. The Morgan fingerprint density at radius 2 is 1.89 bits per heavy atom. The van der Waals surface area contributed by atoms with Crippen molar-refractivity contribution >= 4 is 0 Å². The highest BCUT2D eigenvalue weighted by Crippen LogP contribution is 2.34. The molecule has 0 amide bonds. The normalized spacial score (nSPS) is 21.3. The first kappa shape index (κ1) is 14.4. The van der Waals surface area contributed by atoms with E-state index in [1.807, 2.05) is 0 Å². The average molecular weight is 268 g/mol. The summed E-state index contributed by atoms with van der Waals surface area (Å²) in [7, 11) is 0. The number of hydrogen-bond acceptors (Lipinski definition) is 2. The van der Waals surface area contributed by atoms with E-state index in [1.54, 1.807) is 0 Å². The molecule has 1 unspecified atom stereocenters. The third kappa shape index (κ3) is 3.31. The van der Waals surface area contributed by atoms with E-state index in [9.17, 15) is 8.78 Å². The van der Waals surface area contributed by atoms with Gasteiger partial charge in [0.25, 0.3) is 0 Å². The highest BCUT2D eigenvalue weighted by molar-refractivity contribution is 5.23. The second-order valence-electron chi connectivity index (χ2n) is 6.12. The Labute approximate surface area is 113 Å². The Morgan fingerprint density at radius 3 is 2.42 bits per heavy atom. The molecule has 0 bridgehead atoms. The van der Waals surface area contributed by atoms with E-state index in [2.05, 4.69) is 18.7 Å². The minimum atomic E-state index is -0.545. The smallest absolute Gasteiger partial charge is 0.130 e. The Bertz CT molecular complexity index is 436. The molecule has 4 heteroatoms. The molecule has 0 radical (unpaired) electrons.